The number of carbonyl (C=O) groups is 1. The highest BCUT2D eigenvalue weighted by atomic mass is 16.5. The Morgan fingerprint density at radius 2 is 1.93 bits per heavy atom. The molecule has 6 heteroatoms. The highest BCUT2D eigenvalue weighted by Gasteiger charge is 2.16. The molecule has 0 aliphatic rings. The van der Waals surface area contributed by atoms with Crippen LogP contribution in [0.3, 0.4) is 0 Å². The summed E-state index contributed by atoms with van der Waals surface area (Å²) in [6.07, 6.45) is 3.29. The first kappa shape index (κ1) is 19.9. The van der Waals surface area contributed by atoms with Gasteiger partial charge in [0.1, 0.15) is 23.1 Å². The SMILES string of the molecule is CCOC(=O)/C(C#N)=C\c1cn(-c2ccccc2)nc1-c1cccc(OCC)c1. The molecule has 1 heterocycles. The van der Waals surface area contributed by atoms with E-state index in [1.165, 1.54) is 6.08 Å². The lowest BCUT2D eigenvalue weighted by molar-refractivity contribution is -0.137. The number of rotatable bonds is 7. The van der Waals surface area contributed by atoms with Gasteiger partial charge in [-0.3, -0.25) is 0 Å². The first-order valence-electron chi connectivity index (χ1n) is 9.33. The third-order valence-corrected chi connectivity index (χ3v) is 4.10. The van der Waals surface area contributed by atoms with Gasteiger partial charge in [-0.15, -0.1) is 0 Å². The van der Waals surface area contributed by atoms with Crippen molar-refractivity contribution < 1.29 is 14.3 Å². The molecule has 0 fully saturated rings. The minimum Gasteiger partial charge on any atom is -0.494 e. The molecule has 2 aromatic carbocycles. The van der Waals surface area contributed by atoms with Crippen LogP contribution in [0.2, 0.25) is 0 Å². The highest BCUT2D eigenvalue weighted by molar-refractivity contribution is 5.98. The highest BCUT2D eigenvalue weighted by Crippen LogP contribution is 2.28. The van der Waals surface area contributed by atoms with Gasteiger partial charge in [0.05, 0.1) is 18.9 Å². The van der Waals surface area contributed by atoms with Gasteiger partial charge in [-0.2, -0.15) is 10.4 Å². The van der Waals surface area contributed by atoms with E-state index in [1.807, 2.05) is 67.6 Å². The fourth-order valence-corrected chi connectivity index (χ4v) is 2.83. The molecule has 1 aromatic heterocycles. The molecule has 0 aliphatic carbocycles. The van der Waals surface area contributed by atoms with E-state index in [4.69, 9.17) is 14.6 Å². The number of hydrogen-bond donors (Lipinski definition) is 0. The molecule has 0 bridgehead atoms. The van der Waals surface area contributed by atoms with Crippen LogP contribution in [0.4, 0.5) is 0 Å². The van der Waals surface area contributed by atoms with Crippen LogP contribution in [0.5, 0.6) is 5.75 Å². The fraction of sp³-hybridized carbons (Fsp3) is 0.174. The third-order valence-electron chi connectivity index (χ3n) is 4.10. The molecule has 6 nitrogen and oxygen atoms in total. The van der Waals surface area contributed by atoms with Gasteiger partial charge in [0.2, 0.25) is 0 Å². The van der Waals surface area contributed by atoms with Gasteiger partial charge < -0.3 is 9.47 Å². The number of esters is 1. The molecule has 0 unspecified atom stereocenters. The van der Waals surface area contributed by atoms with E-state index in [2.05, 4.69) is 0 Å². The number of hydrogen-bond acceptors (Lipinski definition) is 5. The predicted molar refractivity (Wildman–Crippen MR) is 110 cm³/mol. The van der Waals surface area contributed by atoms with Crippen molar-refractivity contribution >= 4 is 12.0 Å². The smallest absolute Gasteiger partial charge is 0.348 e. The van der Waals surface area contributed by atoms with E-state index in [1.54, 1.807) is 17.8 Å². The Bertz CT molecular complexity index is 1060. The van der Waals surface area contributed by atoms with Crippen molar-refractivity contribution in [2.24, 2.45) is 0 Å². The van der Waals surface area contributed by atoms with E-state index in [0.717, 1.165) is 17.0 Å². The van der Waals surface area contributed by atoms with Gasteiger partial charge in [0.25, 0.3) is 0 Å². The van der Waals surface area contributed by atoms with Crippen LogP contribution in [-0.2, 0) is 9.53 Å². The van der Waals surface area contributed by atoms with Crippen LogP contribution < -0.4 is 4.74 Å². The monoisotopic (exact) mass is 387 g/mol. The Morgan fingerprint density at radius 3 is 2.62 bits per heavy atom. The van der Waals surface area contributed by atoms with Gasteiger partial charge in [0, 0.05) is 17.3 Å². The lowest BCUT2D eigenvalue weighted by Crippen LogP contribution is -2.06. The van der Waals surface area contributed by atoms with Crippen molar-refractivity contribution in [1.82, 2.24) is 9.78 Å². The second kappa shape index (κ2) is 9.38. The van der Waals surface area contributed by atoms with E-state index >= 15 is 0 Å². The molecule has 146 valence electrons. The van der Waals surface area contributed by atoms with Crippen molar-refractivity contribution in [2.45, 2.75) is 13.8 Å². The van der Waals surface area contributed by atoms with Gasteiger partial charge in [-0.05, 0) is 44.2 Å². The molecule has 29 heavy (non-hydrogen) atoms. The van der Waals surface area contributed by atoms with Crippen LogP contribution in [0.1, 0.15) is 19.4 Å². The van der Waals surface area contributed by atoms with Crippen LogP contribution in [0.25, 0.3) is 23.0 Å². The zero-order valence-corrected chi connectivity index (χ0v) is 16.3. The molecule has 0 N–H and O–H groups in total. The van der Waals surface area contributed by atoms with Crippen LogP contribution >= 0.6 is 0 Å². The van der Waals surface area contributed by atoms with Gasteiger partial charge in [0.15, 0.2) is 0 Å². The maximum absolute atomic E-state index is 12.1. The largest absolute Gasteiger partial charge is 0.494 e. The van der Waals surface area contributed by atoms with Gasteiger partial charge >= 0.3 is 5.97 Å². The Labute approximate surface area is 169 Å². The van der Waals surface area contributed by atoms with Crippen molar-refractivity contribution in [3.63, 3.8) is 0 Å². The molecular formula is C23H21N3O3. The number of nitrogens with zero attached hydrogens (tertiary/aromatic N) is 3. The van der Waals surface area contributed by atoms with Crippen molar-refractivity contribution in [2.75, 3.05) is 13.2 Å². The number of ether oxygens (including phenoxy) is 2. The second-order valence-corrected chi connectivity index (χ2v) is 6.06. The fourth-order valence-electron chi connectivity index (χ4n) is 2.83. The quantitative estimate of drug-likeness (QED) is 0.341. The molecule has 0 atom stereocenters. The number of para-hydroxylation sites is 1. The first-order chi connectivity index (χ1) is 14.2. The van der Waals surface area contributed by atoms with E-state index in [9.17, 15) is 10.1 Å². The average molecular weight is 387 g/mol. The third kappa shape index (κ3) is 4.71. The summed E-state index contributed by atoms with van der Waals surface area (Å²) in [7, 11) is 0. The zero-order chi connectivity index (χ0) is 20.6. The predicted octanol–water partition coefficient (Wildman–Crippen LogP) is 4.41. The van der Waals surface area contributed by atoms with E-state index < -0.39 is 5.97 Å². The minimum absolute atomic E-state index is 0.0818. The summed E-state index contributed by atoms with van der Waals surface area (Å²) in [5.74, 6) is 0.0663. The summed E-state index contributed by atoms with van der Waals surface area (Å²) in [6.45, 7) is 4.37. The summed E-state index contributed by atoms with van der Waals surface area (Å²) >= 11 is 0. The molecule has 0 amide bonds. The first-order valence-corrected chi connectivity index (χ1v) is 9.33. The number of aromatic nitrogens is 2. The lowest BCUT2D eigenvalue weighted by atomic mass is 10.1. The van der Waals surface area contributed by atoms with Crippen molar-refractivity contribution in [3.8, 4) is 28.8 Å². The molecule has 0 saturated carbocycles. The average Bonchev–Trinajstić information content (AvgIpc) is 3.17. The maximum Gasteiger partial charge on any atom is 0.348 e. The Balaban J connectivity index is 2.13. The number of benzene rings is 2. The number of carbonyl (C=O) groups excluding carboxylic acids is 1. The summed E-state index contributed by atoms with van der Waals surface area (Å²) < 4.78 is 12.3. The lowest BCUT2D eigenvalue weighted by Gasteiger charge is -2.05. The minimum atomic E-state index is -0.656. The van der Waals surface area contributed by atoms with Crippen LogP contribution in [0.15, 0.2) is 66.4 Å². The summed E-state index contributed by atoms with van der Waals surface area (Å²) in [5.41, 5.74) is 2.86. The molecule has 0 spiro atoms. The van der Waals surface area contributed by atoms with Gasteiger partial charge in [-0.25, -0.2) is 9.48 Å². The van der Waals surface area contributed by atoms with Crippen molar-refractivity contribution in [1.29, 1.82) is 5.26 Å². The summed E-state index contributed by atoms with van der Waals surface area (Å²) in [4.78, 5) is 12.1. The molecule has 0 radical (unpaired) electrons. The standard InChI is InChI=1S/C23H21N3O3/c1-3-28-21-12-8-9-17(14-21)22-19(13-18(15-24)23(27)29-4-2)16-26(25-22)20-10-6-5-7-11-20/h5-14,16H,3-4H2,1-2H3/b18-13-. The Hall–Kier alpha value is -3.85. The maximum atomic E-state index is 12.1. The number of nitriles is 1. The molecule has 3 aromatic rings. The Kier molecular flexibility index (Phi) is 6.43. The topological polar surface area (TPSA) is 77.1 Å². The molecule has 0 aliphatic heterocycles. The molecule has 0 saturated heterocycles. The van der Waals surface area contributed by atoms with Crippen LogP contribution in [0, 0.1) is 11.3 Å². The second-order valence-electron chi connectivity index (χ2n) is 6.06. The summed E-state index contributed by atoms with van der Waals surface area (Å²) in [5, 5.41) is 14.1. The van der Waals surface area contributed by atoms with Gasteiger partial charge in [-0.1, -0.05) is 30.3 Å². The molecular weight excluding hydrogens is 366 g/mol. The van der Waals surface area contributed by atoms with Crippen molar-refractivity contribution in [3.05, 3.63) is 71.9 Å². The summed E-state index contributed by atoms with van der Waals surface area (Å²) in [6, 6.07) is 19.1. The molecule has 3 rings (SSSR count). The van der Waals surface area contributed by atoms with E-state index in [-0.39, 0.29) is 12.2 Å². The zero-order valence-electron chi connectivity index (χ0n) is 16.3. The van der Waals surface area contributed by atoms with E-state index in [0.29, 0.717) is 17.9 Å². The Morgan fingerprint density at radius 1 is 1.14 bits per heavy atom. The normalized spacial score (nSPS) is 11.0. The van der Waals surface area contributed by atoms with Crippen LogP contribution in [-0.4, -0.2) is 29.0 Å².